The molecular weight excluding hydrogens is 548 g/mol. The van der Waals surface area contributed by atoms with Crippen LogP contribution in [0.5, 0.6) is 0 Å². The van der Waals surface area contributed by atoms with Crippen molar-refractivity contribution in [1.29, 1.82) is 5.26 Å². The zero-order valence-electron chi connectivity index (χ0n) is 24.1. The molecule has 3 heterocycles. The molecule has 0 N–H and O–H groups in total. The fourth-order valence-electron chi connectivity index (χ4n) is 6.72. The first-order chi connectivity index (χ1) is 22.3. The number of hydrogen-bond donors (Lipinski definition) is 0. The monoisotopic (exact) mass is 572 g/mol. The summed E-state index contributed by atoms with van der Waals surface area (Å²) in [6, 6.07) is 52.6. The van der Waals surface area contributed by atoms with Crippen LogP contribution in [0.2, 0.25) is 0 Å². The molecule has 0 aliphatic carbocycles. The molecule has 6 aromatic carbocycles. The number of hydrogen-bond acceptors (Lipinski definition) is 3. The Morgan fingerprint density at radius 2 is 1.11 bits per heavy atom. The molecule has 0 radical (unpaired) electrons. The molecule has 0 fully saturated rings. The van der Waals surface area contributed by atoms with Gasteiger partial charge in [-0.05, 0) is 53.6 Å². The summed E-state index contributed by atoms with van der Waals surface area (Å²) in [5.41, 5.74) is 13.5. The van der Waals surface area contributed by atoms with E-state index in [2.05, 4.69) is 108 Å². The van der Waals surface area contributed by atoms with Gasteiger partial charge in [0.2, 0.25) is 0 Å². The summed E-state index contributed by atoms with van der Waals surface area (Å²) in [7, 11) is 0. The third kappa shape index (κ3) is 3.92. The zero-order valence-corrected chi connectivity index (χ0v) is 24.1. The fraction of sp³-hybridized carbons (Fsp3) is 0. The SMILES string of the molecule is N#Cc1ccc(-c2cc(-c3ccccc3)nc(-c3ccc4c(c3)-c3ccccc3-c3cccc5c6ccccc6n-4c35)n2)cc1. The van der Waals surface area contributed by atoms with Crippen molar-refractivity contribution in [3.8, 4) is 67.9 Å². The molecule has 9 rings (SSSR count). The molecule has 0 saturated carbocycles. The van der Waals surface area contributed by atoms with Crippen LogP contribution >= 0.6 is 0 Å². The topological polar surface area (TPSA) is 54.5 Å². The Kier molecular flexibility index (Phi) is 5.53. The molecule has 8 aromatic rings. The summed E-state index contributed by atoms with van der Waals surface area (Å²) < 4.78 is 2.42. The number of fused-ring (bicyclic) bond motifs is 8. The molecule has 0 bridgehead atoms. The van der Waals surface area contributed by atoms with E-state index in [4.69, 9.17) is 9.97 Å². The Hall–Kier alpha value is -6.31. The van der Waals surface area contributed by atoms with Crippen LogP contribution in [-0.4, -0.2) is 14.5 Å². The molecule has 0 saturated heterocycles. The summed E-state index contributed by atoms with van der Waals surface area (Å²) in [5.74, 6) is 0.653. The first-order valence-corrected chi connectivity index (χ1v) is 15.0. The number of nitriles is 1. The Morgan fingerprint density at radius 3 is 1.89 bits per heavy atom. The maximum atomic E-state index is 9.34. The van der Waals surface area contributed by atoms with E-state index >= 15 is 0 Å². The van der Waals surface area contributed by atoms with E-state index < -0.39 is 0 Å². The minimum atomic E-state index is 0.619. The Morgan fingerprint density at radius 1 is 0.489 bits per heavy atom. The predicted molar refractivity (Wildman–Crippen MR) is 182 cm³/mol. The van der Waals surface area contributed by atoms with Crippen molar-refractivity contribution < 1.29 is 0 Å². The highest BCUT2D eigenvalue weighted by Crippen LogP contribution is 2.47. The van der Waals surface area contributed by atoms with Crippen LogP contribution in [0.15, 0.2) is 146 Å². The molecule has 0 atom stereocenters. The molecule has 0 amide bonds. The third-order valence-corrected chi connectivity index (χ3v) is 8.80. The van der Waals surface area contributed by atoms with E-state index in [9.17, 15) is 5.26 Å². The molecule has 1 aliphatic rings. The molecule has 0 unspecified atom stereocenters. The summed E-state index contributed by atoms with van der Waals surface area (Å²) in [4.78, 5) is 10.2. The van der Waals surface area contributed by atoms with Crippen molar-refractivity contribution in [2.45, 2.75) is 0 Å². The molecule has 0 spiro atoms. The van der Waals surface area contributed by atoms with Gasteiger partial charge in [0.15, 0.2) is 5.82 Å². The average Bonchev–Trinajstić information content (AvgIpc) is 3.39. The Labute approximate surface area is 260 Å². The lowest BCUT2D eigenvalue weighted by Gasteiger charge is -2.15. The first kappa shape index (κ1) is 25.2. The van der Waals surface area contributed by atoms with Crippen molar-refractivity contribution in [2.75, 3.05) is 0 Å². The number of rotatable bonds is 3. The van der Waals surface area contributed by atoms with E-state index in [1.54, 1.807) is 0 Å². The van der Waals surface area contributed by atoms with Gasteiger partial charge in [0.1, 0.15) is 0 Å². The fourth-order valence-corrected chi connectivity index (χ4v) is 6.72. The molecule has 4 nitrogen and oxygen atoms in total. The van der Waals surface area contributed by atoms with Crippen LogP contribution in [0.3, 0.4) is 0 Å². The zero-order chi connectivity index (χ0) is 29.9. The standard InChI is InChI=1S/C41H24N4/c42-25-26-17-19-28(20-18-26)37-24-36(27-9-2-1-3-10-27)43-41(44-37)29-21-22-39-35(23-29)31-12-5-4-11-30(31)33-14-8-15-34-32-13-6-7-16-38(32)45(39)40(33)34/h1-24H. The highest BCUT2D eigenvalue weighted by atomic mass is 15.0. The van der Waals surface area contributed by atoms with E-state index in [1.807, 2.05) is 48.5 Å². The number of aromatic nitrogens is 3. The van der Waals surface area contributed by atoms with Crippen LogP contribution in [0.4, 0.5) is 0 Å². The van der Waals surface area contributed by atoms with Crippen LogP contribution in [-0.2, 0) is 0 Å². The molecular formula is C41H24N4. The quantitative estimate of drug-likeness (QED) is 0.212. The van der Waals surface area contributed by atoms with Crippen LogP contribution in [0, 0.1) is 11.3 Å². The van der Waals surface area contributed by atoms with Crippen molar-refractivity contribution in [3.63, 3.8) is 0 Å². The maximum Gasteiger partial charge on any atom is 0.160 e. The summed E-state index contributed by atoms with van der Waals surface area (Å²) in [6.45, 7) is 0. The van der Waals surface area contributed by atoms with E-state index in [0.717, 1.165) is 39.3 Å². The van der Waals surface area contributed by atoms with E-state index in [0.29, 0.717) is 11.4 Å². The minimum Gasteiger partial charge on any atom is -0.308 e. The summed E-state index contributed by atoms with van der Waals surface area (Å²) >= 11 is 0. The molecule has 1 aliphatic heterocycles. The highest BCUT2D eigenvalue weighted by molar-refractivity contribution is 6.16. The van der Waals surface area contributed by atoms with Crippen LogP contribution in [0.1, 0.15) is 5.56 Å². The largest absolute Gasteiger partial charge is 0.308 e. The normalized spacial score (nSPS) is 11.5. The van der Waals surface area contributed by atoms with Crippen molar-refractivity contribution in [2.24, 2.45) is 0 Å². The second-order valence-corrected chi connectivity index (χ2v) is 11.3. The van der Waals surface area contributed by atoms with Gasteiger partial charge < -0.3 is 4.57 Å². The van der Waals surface area contributed by atoms with Gasteiger partial charge in [0, 0.05) is 38.6 Å². The lowest BCUT2D eigenvalue weighted by atomic mass is 9.92. The third-order valence-electron chi connectivity index (χ3n) is 8.80. The number of para-hydroxylation sites is 2. The van der Waals surface area contributed by atoms with Crippen molar-refractivity contribution >= 4 is 21.8 Å². The van der Waals surface area contributed by atoms with E-state index in [1.165, 1.54) is 38.5 Å². The lowest BCUT2D eigenvalue weighted by molar-refractivity contribution is 1.17. The van der Waals surface area contributed by atoms with Gasteiger partial charge in [-0.3, -0.25) is 0 Å². The second kappa shape index (κ2) is 9.87. The second-order valence-electron chi connectivity index (χ2n) is 11.3. The summed E-state index contributed by atoms with van der Waals surface area (Å²) in [6.07, 6.45) is 0. The molecule has 4 heteroatoms. The Balaban J connectivity index is 1.31. The van der Waals surface area contributed by atoms with Crippen molar-refractivity contribution in [3.05, 3.63) is 151 Å². The van der Waals surface area contributed by atoms with E-state index in [-0.39, 0.29) is 0 Å². The highest BCUT2D eigenvalue weighted by Gasteiger charge is 2.24. The predicted octanol–water partition coefficient (Wildman–Crippen LogP) is 10.1. The Bertz CT molecular complexity index is 2480. The molecule has 2 aromatic heterocycles. The van der Waals surface area contributed by atoms with Crippen molar-refractivity contribution in [1.82, 2.24) is 14.5 Å². The van der Waals surface area contributed by atoms with Gasteiger partial charge in [0.05, 0.1) is 39.7 Å². The van der Waals surface area contributed by atoms with Gasteiger partial charge in [-0.25, -0.2) is 9.97 Å². The molecule has 45 heavy (non-hydrogen) atoms. The van der Waals surface area contributed by atoms with Gasteiger partial charge in [0.25, 0.3) is 0 Å². The maximum absolute atomic E-state index is 9.34. The van der Waals surface area contributed by atoms with Gasteiger partial charge in [-0.15, -0.1) is 0 Å². The average molecular weight is 573 g/mol. The van der Waals surface area contributed by atoms with Gasteiger partial charge >= 0.3 is 0 Å². The van der Waals surface area contributed by atoms with Gasteiger partial charge in [-0.2, -0.15) is 5.26 Å². The molecule has 208 valence electrons. The summed E-state index contributed by atoms with van der Waals surface area (Å²) in [5, 5.41) is 11.8. The lowest BCUT2D eigenvalue weighted by Crippen LogP contribution is -1.99. The van der Waals surface area contributed by atoms with Gasteiger partial charge in [-0.1, -0.05) is 103 Å². The minimum absolute atomic E-state index is 0.619. The smallest absolute Gasteiger partial charge is 0.160 e. The number of benzene rings is 6. The van der Waals surface area contributed by atoms with Crippen LogP contribution in [0.25, 0.3) is 83.6 Å². The first-order valence-electron chi connectivity index (χ1n) is 15.0. The number of nitrogens with zero attached hydrogens (tertiary/aromatic N) is 4. The van der Waals surface area contributed by atoms with Crippen LogP contribution < -0.4 is 0 Å².